The third-order valence-corrected chi connectivity index (χ3v) is 8.49. The predicted octanol–water partition coefficient (Wildman–Crippen LogP) is 6.51. The second-order valence-electron chi connectivity index (χ2n) is 11.9. The Morgan fingerprint density at radius 2 is 1.49 bits per heavy atom. The van der Waals surface area contributed by atoms with Crippen molar-refractivity contribution >= 4 is 17.6 Å². The van der Waals surface area contributed by atoms with Crippen LogP contribution in [0.2, 0.25) is 5.02 Å². The lowest BCUT2D eigenvalue weighted by atomic mass is 9.96. The first-order valence-corrected chi connectivity index (χ1v) is 16.2. The quantitative estimate of drug-likeness (QED) is 0.109. The molecule has 0 amide bonds. The number of carboxylic acids is 1. The molecule has 0 aliphatic carbocycles. The first-order chi connectivity index (χ1) is 24.6. The van der Waals surface area contributed by atoms with Crippen LogP contribution in [0, 0.1) is 29.6 Å². The van der Waals surface area contributed by atoms with E-state index in [1.807, 2.05) is 49.4 Å². The summed E-state index contributed by atoms with van der Waals surface area (Å²) in [7, 11) is 0. The fourth-order valence-corrected chi connectivity index (χ4v) is 5.33. The molecule has 1 unspecified atom stereocenters. The third kappa shape index (κ3) is 9.18. The standard InChI is InChI=1S/C39H34ClN5O6/c1-25-31(6-4-8-34(25)30-5-3-7-33(11-30)49-21-28-9-26(14-41)16-43-18-28)23-51-37-13-36(50-22-29-10-27(15-42)17-44-19-29)32(12-35(37)40)20-45-39(2,24-46)38(47)48/h3-13,16-19,45-46H,20-24H2,1-2H3,(H,47,48). The van der Waals surface area contributed by atoms with Crippen molar-refractivity contribution in [3.05, 3.63) is 135 Å². The third-order valence-electron chi connectivity index (χ3n) is 8.19. The molecule has 3 aromatic carbocycles. The average molecular weight is 704 g/mol. The first kappa shape index (κ1) is 36.3. The molecule has 5 aromatic rings. The van der Waals surface area contributed by atoms with Gasteiger partial charge in [-0.05, 0) is 66.4 Å². The maximum Gasteiger partial charge on any atom is 0.326 e. The van der Waals surface area contributed by atoms with E-state index in [0.29, 0.717) is 39.5 Å². The van der Waals surface area contributed by atoms with Crippen LogP contribution in [0.4, 0.5) is 0 Å². The van der Waals surface area contributed by atoms with Gasteiger partial charge in [0.25, 0.3) is 0 Å². The molecule has 0 aliphatic rings. The number of pyridine rings is 2. The van der Waals surface area contributed by atoms with Crippen LogP contribution in [0.25, 0.3) is 11.1 Å². The summed E-state index contributed by atoms with van der Waals surface area (Å²) in [6.45, 7) is 3.29. The highest BCUT2D eigenvalue weighted by molar-refractivity contribution is 6.32. The maximum atomic E-state index is 11.8. The Morgan fingerprint density at radius 1 is 0.843 bits per heavy atom. The van der Waals surface area contributed by atoms with Gasteiger partial charge >= 0.3 is 5.97 Å². The zero-order chi connectivity index (χ0) is 36.4. The average Bonchev–Trinajstić information content (AvgIpc) is 3.15. The number of hydrogen-bond acceptors (Lipinski definition) is 10. The van der Waals surface area contributed by atoms with Crippen molar-refractivity contribution in [1.82, 2.24) is 15.3 Å². The fraction of sp³-hybridized carbons (Fsp3) is 0.205. The van der Waals surface area contributed by atoms with E-state index >= 15 is 0 Å². The molecule has 5 rings (SSSR count). The van der Waals surface area contributed by atoms with Gasteiger partial charge < -0.3 is 24.4 Å². The van der Waals surface area contributed by atoms with Gasteiger partial charge in [-0.2, -0.15) is 10.5 Å². The van der Waals surface area contributed by atoms with Crippen LogP contribution in [0.1, 0.15) is 45.9 Å². The zero-order valence-electron chi connectivity index (χ0n) is 27.9. The Kier molecular flexibility index (Phi) is 11.8. The zero-order valence-corrected chi connectivity index (χ0v) is 28.6. The van der Waals surface area contributed by atoms with Crippen molar-refractivity contribution < 1.29 is 29.2 Å². The van der Waals surface area contributed by atoms with Crippen molar-refractivity contribution in [2.24, 2.45) is 0 Å². The van der Waals surface area contributed by atoms with Gasteiger partial charge in [0.2, 0.25) is 0 Å². The van der Waals surface area contributed by atoms with Crippen molar-refractivity contribution in [3.63, 3.8) is 0 Å². The Labute approximate surface area is 300 Å². The van der Waals surface area contributed by atoms with Crippen molar-refractivity contribution in [2.75, 3.05) is 6.61 Å². The molecule has 0 saturated carbocycles. The van der Waals surface area contributed by atoms with Gasteiger partial charge in [0.15, 0.2) is 0 Å². The highest BCUT2D eigenvalue weighted by Gasteiger charge is 2.32. The summed E-state index contributed by atoms with van der Waals surface area (Å²) >= 11 is 6.69. The predicted molar refractivity (Wildman–Crippen MR) is 189 cm³/mol. The van der Waals surface area contributed by atoms with E-state index < -0.39 is 18.1 Å². The topological polar surface area (TPSA) is 171 Å². The highest BCUT2D eigenvalue weighted by Crippen LogP contribution is 2.35. The summed E-state index contributed by atoms with van der Waals surface area (Å²) in [4.78, 5) is 20.0. The number of aliphatic hydroxyl groups excluding tert-OH is 1. The molecule has 0 spiro atoms. The Morgan fingerprint density at radius 3 is 2.14 bits per heavy atom. The van der Waals surface area contributed by atoms with Crippen molar-refractivity contribution in [1.29, 1.82) is 10.5 Å². The smallest absolute Gasteiger partial charge is 0.326 e. The molecular formula is C39H34ClN5O6. The molecule has 3 N–H and O–H groups in total. The van der Waals surface area contributed by atoms with Crippen LogP contribution >= 0.6 is 11.6 Å². The number of nitrogens with one attached hydrogen (secondary N) is 1. The maximum absolute atomic E-state index is 11.8. The number of aromatic nitrogens is 2. The van der Waals surface area contributed by atoms with E-state index in [1.165, 1.54) is 19.3 Å². The van der Waals surface area contributed by atoms with E-state index in [4.69, 9.17) is 31.1 Å². The van der Waals surface area contributed by atoms with Gasteiger partial charge in [-0.25, -0.2) is 0 Å². The van der Waals surface area contributed by atoms with Crippen LogP contribution in [-0.2, 0) is 31.2 Å². The summed E-state index contributed by atoms with van der Waals surface area (Å²) in [5.41, 5.74) is 5.10. The molecule has 0 radical (unpaired) electrons. The minimum atomic E-state index is -1.60. The summed E-state index contributed by atoms with van der Waals surface area (Å²) in [5, 5.41) is 40.9. The molecule has 11 nitrogen and oxygen atoms in total. The lowest BCUT2D eigenvalue weighted by Gasteiger charge is -2.25. The normalized spacial score (nSPS) is 11.9. The second-order valence-corrected chi connectivity index (χ2v) is 12.3. The highest BCUT2D eigenvalue weighted by atomic mass is 35.5. The number of halogens is 1. The van der Waals surface area contributed by atoms with Crippen molar-refractivity contribution in [2.45, 2.75) is 45.8 Å². The molecule has 0 saturated heterocycles. The number of aliphatic carboxylic acids is 1. The van der Waals surface area contributed by atoms with Gasteiger partial charge in [-0.15, -0.1) is 0 Å². The molecule has 258 valence electrons. The number of carboxylic acid groups (broad SMARTS) is 1. The summed E-state index contributed by atoms with van der Waals surface area (Å²) in [6.07, 6.45) is 6.21. The molecule has 0 fully saturated rings. The molecule has 12 heteroatoms. The van der Waals surface area contributed by atoms with E-state index in [1.54, 1.807) is 36.7 Å². The largest absolute Gasteiger partial charge is 0.489 e. The lowest BCUT2D eigenvalue weighted by molar-refractivity contribution is -0.145. The number of aliphatic hydroxyl groups is 1. The molecule has 0 bridgehead atoms. The number of ether oxygens (including phenoxy) is 3. The number of hydrogen-bond donors (Lipinski definition) is 3. The minimum Gasteiger partial charge on any atom is -0.489 e. The summed E-state index contributed by atoms with van der Waals surface area (Å²) in [6, 6.07) is 24.5. The van der Waals surface area contributed by atoms with Gasteiger partial charge in [-0.1, -0.05) is 41.9 Å². The number of rotatable bonds is 15. The van der Waals surface area contributed by atoms with Gasteiger partial charge in [0, 0.05) is 54.1 Å². The SMILES string of the molecule is Cc1c(COc2cc(OCc3cncc(C#N)c3)c(CNC(C)(CO)C(=O)O)cc2Cl)cccc1-c1cccc(OCc2cncc(C#N)c2)c1. The Hall–Kier alpha value is -5.98. The van der Waals surface area contributed by atoms with Crippen LogP contribution in [0.3, 0.4) is 0 Å². The van der Waals surface area contributed by atoms with Crippen LogP contribution < -0.4 is 19.5 Å². The number of nitrogens with zero attached hydrogens (tertiary/aromatic N) is 4. The molecule has 2 aromatic heterocycles. The molecule has 0 aliphatic heterocycles. The second kappa shape index (κ2) is 16.6. The Bertz CT molecular complexity index is 2130. The van der Waals surface area contributed by atoms with Crippen molar-refractivity contribution in [3.8, 4) is 40.5 Å². The van der Waals surface area contributed by atoms with Crippen LogP contribution in [0.15, 0.2) is 91.5 Å². The van der Waals surface area contributed by atoms with Gasteiger partial charge in [0.05, 0.1) is 22.8 Å². The number of carbonyl (C=O) groups is 1. The number of benzene rings is 3. The molecule has 2 heterocycles. The minimum absolute atomic E-state index is 0.0161. The summed E-state index contributed by atoms with van der Waals surface area (Å²) in [5.74, 6) is 0.169. The first-order valence-electron chi connectivity index (χ1n) is 15.8. The monoisotopic (exact) mass is 703 g/mol. The fourth-order valence-electron chi connectivity index (χ4n) is 5.09. The van der Waals surface area contributed by atoms with Crippen LogP contribution in [-0.4, -0.2) is 38.3 Å². The van der Waals surface area contributed by atoms with Crippen LogP contribution in [0.5, 0.6) is 17.2 Å². The van der Waals surface area contributed by atoms with E-state index in [0.717, 1.165) is 27.8 Å². The lowest BCUT2D eigenvalue weighted by Crippen LogP contribution is -2.52. The van der Waals surface area contributed by atoms with E-state index in [2.05, 4.69) is 27.4 Å². The summed E-state index contributed by atoms with van der Waals surface area (Å²) < 4.78 is 18.4. The Balaban J connectivity index is 1.35. The van der Waals surface area contributed by atoms with E-state index in [-0.39, 0.29) is 31.4 Å². The molecular weight excluding hydrogens is 670 g/mol. The molecule has 1 atom stereocenters. The van der Waals surface area contributed by atoms with Gasteiger partial charge in [0.1, 0.15) is 54.7 Å². The number of nitriles is 2. The van der Waals surface area contributed by atoms with Gasteiger partial charge in [-0.3, -0.25) is 20.1 Å². The molecule has 51 heavy (non-hydrogen) atoms. The van der Waals surface area contributed by atoms with E-state index in [9.17, 15) is 20.3 Å².